The number of methoxy groups -OCH3 is 1. The summed E-state index contributed by atoms with van der Waals surface area (Å²) in [7, 11) is 1.49. The van der Waals surface area contributed by atoms with Gasteiger partial charge in [-0.1, -0.05) is 18.2 Å². The second kappa shape index (κ2) is 4.99. The topological polar surface area (TPSA) is 55.1 Å². The van der Waals surface area contributed by atoms with Crippen LogP contribution in [0.15, 0.2) is 42.6 Å². The fraction of sp³-hybridized carbons (Fsp3) is 0.0769. The van der Waals surface area contributed by atoms with E-state index in [1.54, 1.807) is 6.07 Å². The maximum atomic E-state index is 8.80. The number of nitrogens with zero attached hydrogens (tertiary/aromatic N) is 2. The minimum Gasteiger partial charge on any atom is -0.494 e. The van der Waals surface area contributed by atoms with Gasteiger partial charge in [0.1, 0.15) is 17.6 Å². The maximum Gasteiger partial charge on any atom is 0.182 e. The second-order valence-electron chi connectivity index (χ2n) is 3.25. The minimum absolute atomic E-state index is 0.243. The van der Waals surface area contributed by atoms with Crippen LogP contribution >= 0.6 is 0 Å². The lowest BCUT2D eigenvalue weighted by Gasteiger charge is -2.07. The average Bonchev–Trinajstić information content (AvgIpc) is 2.40. The predicted octanol–water partition coefficient (Wildman–Crippen LogP) is 2.75. The van der Waals surface area contributed by atoms with Gasteiger partial charge in [-0.25, -0.2) is 4.98 Å². The number of aromatic nitrogens is 1. The van der Waals surface area contributed by atoms with Crippen LogP contribution in [-0.4, -0.2) is 12.1 Å². The van der Waals surface area contributed by atoms with E-state index in [1.165, 1.54) is 13.3 Å². The van der Waals surface area contributed by atoms with Gasteiger partial charge in [-0.2, -0.15) is 5.26 Å². The summed E-state index contributed by atoms with van der Waals surface area (Å²) in [6.45, 7) is 0. The van der Waals surface area contributed by atoms with Gasteiger partial charge in [-0.05, 0) is 12.1 Å². The predicted molar refractivity (Wildman–Crippen MR) is 62.0 cm³/mol. The molecule has 0 spiro atoms. The lowest BCUT2D eigenvalue weighted by molar-refractivity contribution is 0.404. The molecule has 2 rings (SSSR count). The van der Waals surface area contributed by atoms with Gasteiger partial charge in [0, 0.05) is 6.07 Å². The summed E-state index contributed by atoms with van der Waals surface area (Å²) in [6.07, 6.45) is 1.49. The van der Waals surface area contributed by atoms with Crippen LogP contribution in [0.25, 0.3) is 0 Å². The molecule has 0 saturated heterocycles. The zero-order valence-corrected chi connectivity index (χ0v) is 9.25. The van der Waals surface area contributed by atoms with E-state index in [4.69, 9.17) is 14.7 Å². The molecule has 2 aromatic rings. The number of ether oxygens (including phenoxy) is 2. The number of para-hydroxylation sites is 1. The molecule has 4 nitrogen and oxygen atoms in total. The molecule has 0 saturated carbocycles. The number of hydrogen-bond acceptors (Lipinski definition) is 4. The molecule has 1 aromatic heterocycles. The van der Waals surface area contributed by atoms with Crippen LogP contribution in [0.2, 0.25) is 0 Å². The molecule has 17 heavy (non-hydrogen) atoms. The van der Waals surface area contributed by atoms with Crippen LogP contribution in [0.1, 0.15) is 5.69 Å². The molecule has 0 N–H and O–H groups in total. The van der Waals surface area contributed by atoms with Crippen LogP contribution < -0.4 is 9.47 Å². The van der Waals surface area contributed by atoms with Crippen molar-refractivity contribution in [3.05, 3.63) is 48.3 Å². The molecule has 0 radical (unpaired) electrons. The Labute approximate surface area is 99.1 Å². The Hall–Kier alpha value is -2.54. The third kappa shape index (κ3) is 2.52. The van der Waals surface area contributed by atoms with Crippen molar-refractivity contribution in [1.29, 1.82) is 5.26 Å². The Morgan fingerprint density at radius 1 is 1.18 bits per heavy atom. The molecule has 0 aliphatic rings. The van der Waals surface area contributed by atoms with Gasteiger partial charge in [-0.3, -0.25) is 0 Å². The summed E-state index contributed by atoms with van der Waals surface area (Å²) in [5, 5.41) is 8.80. The van der Waals surface area contributed by atoms with Gasteiger partial charge in [-0.15, -0.1) is 0 Å². The van der Waals surface area contributed by atoms with Crippen LogP contribution in [0.3, 0.4) is 0 Å². The third-order valence-electron chi connectivity index (χ3n) is 2.13. The summed E-state index contributed by atoms with van der Waals surface area (Å²) in [5.74, 6) is 1.65. The first-order valence-electron chi connectivity index (χ1n) is 5.00. The highest BCUT2D eigenvalue weighted by atomic mass is 16.5. The summed E-state index contributed by atoms with van der Waals surface area (Å²) in [6, 6.07) is 12.9. The van der Waals surface area contributed by atoms with Crippen LogP contribution in [0.5, 0.6) is 17.2 Å². The molecule has 0 aliphatic heterocycles. The number of nitriles is 1. The van der Waals surface area contributed by atoms with Crippen LogP contribution in [0.4, 0.5) is 0 Å². The second-order valence-corrected chi connectivity index (χ2v) is 3.25. The standard InChI is InChI=1S/C13H10N2O2/c1-16-13-7-11(9-15-12(13)8-14)17-10-5-3-2-4-6-10/h2-7,9H,1H3. The molecule has 0 amide bonds. The highest BCUT2D eigenvalue weighted by molar-refractivity contribution is 5.42. The Balaban J connectivity index is 2.26. The van der Waals surface area contributed by atoms with Gasteiger partial charge in [0.15, 0.2) is 11.4 Å². The van der Waals surface area contributed by atoms with Gasteiger partial charge in [0.05, 0.1) is 13.3 Å². The van der Waals surface area contributed by atoms with Crippen molar-refractivity contribution in [3.63, 3.8) is 0 Å². The minimum atomic E-state index is 0.243. The molecule has 0 bridgehead atoms. The van der Waals surface area contributed by atoms with E-state index in [0.717, 1.165) is 0 Å². The fourth-order valence-corrected chi connectivity index (χ4v) is 1.35. The normalized spacial score (nSPS) is 9.41. The number of rotatable bonds is 3. The summed E-state index contributed by atoms with van der Waals surface area (Å²) in [5.41, 5.74) is 0.243. The van der Waals surface area contributed by atoms with Crippen molar-refractivity contribution >= 4 is 0 Å². The van der Waals surface area contributed by atoms with Gasteiger partial charge in [0.2, 0.25) is 0 Å². The lowest BCUT2D eigenvalue weighted by Crippen LogP contribution is -1.93. The first-order valence-corrected chi connectivity index (χ1v) is 5.00. The summed E-state index contributed by atoms with van der Waals surface area (Å²) in [4.78, 5) is 3.95. The average molecular weight is 226 g/mol. The van der Waals surface area contributed by atoms with E-state index < -0.39 is 0 Å². The highest BCUT2D eigenvalue weighted by Gasteiger charge is 2.06. The van der Waals surface area contributed by atoms with Gasteiger partial charge < -0.3 is 9.47 Å². The van der Waals surface area contributed by atoms with Gasteiger partial charge in [0.25, 0.3) is 0 Å². The molecule has 0 aliphatic carbocycles. The zero-order valence-electron chi connectivity index (χ0n) is 9.25. The Morgan fingerprint density at radius 3 is 2.59 bits per heavy atom. The first kappa shape index (κ1) is 11.0. The Bertz CT molecular complexity index is 547. The molecular formula is C13H10N2O2. The molecular weight excluding hydrogens is 216 g/mol. The molecule has 4 heteroatoms. The largest absolute Gasteiger partial charge is 0.494 e. The van der Waals surface area contributed by atoms with Crippen molar-refractivity contribution in [3.8, 4) is 23.3 Å². The van der Waals surface area contributed by atoms with Crippen molar-refractivity contribution in [2.24, 2.45) is 0 Å². The third-order valence-corrected chi connectivity index (χ3v) is 2.13. The fourth-order valence-electron chi connectivity index (χ4n) is 1.35. The van der Waals surface area contributed by atoms with E-state index in [-0.39, 0.29) is 5.69 Å². The van der Waals surface area contributed by atoms with E-state index in [0.29, 0.717) is 17.2 Å². The van der Waals surface area contributed by atoms with E-state index in [2.05, 4.69) is 4.98 Å². The summed E-state index contributed by atoms with van der Waals surface area (Å²) < 4.78 is 10.6. The van der Waals surface area contributed by atoms with Crippen molar-refractivity contribution in [2.75, 3.05) is 7.11 Å². The highest BCUT2D eigenvalue weighted by Crippen LogP contribution is 2.25. The van der Waals surface area contributed by atoms with E-state index >= 15 is 0 Å². The Morgan fingerprint density at radius 2 is 1.94 bits per heavy atom. The number of hydrogen-bond donors (Lipinski definition) is 0. The zero-order chi connectivity index (χ0) is 12.1. The van der Waals surface area contributed by atoms with Crippen LogP contribution in [0, 0.1) is 11.3 Å². The Kier molecular flexibility index (Phi) is 3.22. The molecule has 84 valence electrons. The number of pyridine rings is 1. The maximum absolute atomic E-state index is 8.80. The summed E-state index contributed by atoms with van der Waals surface area (Å²) >= 11 is 0. The van der Waals surface area contributed by atoms with E-state index in [9.17, 15) is 0 Å². The van der Waals surface area contributed by atoms with Crippen molar-refractivity contribution in [2.45, 2.75) is 0 Å². The molecule has 0 atom stereocenters. The smallest absolute Gasteiger partial charge is 0.182 e. The van der Waals surface area contributed by atoms with Crippen molar-refractivity contribution in [1.82, 2.24) is 4.98 Å². The van der Waals surface area contributed by atoms with Crippen molar-refractivity contribution < 1.29 is 9.47 Å². The molecule has 1 aromatic carbocycles. The quantitative estimate of drug-likeness (QED) is 0.807. The van der Waals surface area contributed by atoms with Crippen LogP contribution in [-0.2, 0) is 0 Å². The van der Waals surface area contributed by atoms with Gasteiger partial charge >= 0.3 is 0 Å². The molecule has 0 unspecified atom stereocenters. The number of benzene rings is 1. The lowest BCUT2D eigenvalue weighted by atomic mass is 10.3. The SMILES string of the molecule is COc1cc(Oc2ccccc2)cnc1C#N. The molecule has 0 fully saturated rings. The monoisotopic (exact) mass is 226 g/mol. The van der Waals surface area contributed by atoms with E-state index in [1.807, 2.05) is 36.4 Å². The molecule has 1 heterocycles. The first-order chi connectivity index (χ1) is 8.33.